The Morgan fingerprint density at radius 1 is 1.09 bits per heavy atom. The lowest BCUT2D eigenvalue weighted by atomic mass is 9.87. The first-order chi connectivity index (χ1) is 17.0. The van der Waals surface area contributed by atoms with E-state index in [1.807, 2.05) is 18.2 Å². The third kappa shape index (κ3) is 4.83. The molecule has 0 bridgehead atoms. The number of para-hydroxylation sites is 2. The first-order valence-electron chi connectivity index (χ1n) is 11.3. The number of aliphatic hydroxyl groups excluding tert-OH is 1. The molecule has 2 aromatic carbocycles. The van der Waals surface area contributed by atoms with Crippen molar-refractivity contribution in [1.29, 1.82) is 0 Å². The summed E-state index contributed by atoms with van der Waals surface area (Å²) in [5, 5.41) is 16.9. The summed E-state index contributed by atoms with van der Waals surface area (Å²) in [5.74, 6) is 1.69. The Balaban J connectivity index is 1.83. The number of fused-ring (bicyclic) bond motifs is 1. The molecule has 4 rings (SSSR count). The second-order valence-corrected chi connectivity index (χ2v) is 8.07. The molecule has 1 amide bonds. The third-order valence-corrected chi connectivity index (χ3v) is 5.92. The number of aliphatic hydroxyl groups is 1. The molecule has 10 nitrogen and oxygen atoms in total. The van der Waals surface area contributed by atoms with Crippen LogP contribution in [0.2, 0.25) is 0 Å². The van der Waals surface area contributed by atoms with E-state index in [0.29, 0.717) is 58.8 Å². The van der Waals surface area contributed by atoms with Crippen molar-refractivity contribution < 1.29 is 24.1 Å². The lowest BCUT2D eigenvalue weighted by Crippen LogP contribution is -2.39. The van der Waals surface area contributed by atoms with Crippen LogP contribution in [0, 0.1) is 5.92 Å². The van der Waals surface area contributed by atoms with E-state index in [1.54, 1.807) is 57.2 Å². The molecule has 0 saturated heterocycles. The summed E-state index contributed by atoms with van der Waals surface area (Å²) >= 11 is 0. The number of nitrogens with one attached hydrogen (secondary N) is 1. The molecule has 35 heavy (non-hydrogen) atoms. The zero-order valence-corrected chi connectivity index (χ0v) is 20.2. The summed E-state index contributed by atoms with van der Waals surface area (Å²) in [5.41, 5.74) is 1.85. The Hall–Kier alpha value is -3.92. The summed E-state index contributed by atoms with van der Waals surface area (Å²) in [7, 11) is 4.71. The van der Waals surface area contributed by atoms with E-state index in [4.69, 9.17) is 14.2 Å². The Bertz CT molecular complexity index is 1240. The summed E-state index contributed by atoms with van der Waals surface area (Å²) in [4.78, 5) is 22.9. The number of ether oxygens (including phenoxy) is 3. The van der Waals surface area contributed by atoms with Crippen LogP contribution in [0.25, 0.3) is 0 Å². The van der Waals surface area contributed by atoms with Gasteiger partial charge in [0.05, 0.1) is 27.0 Å². The Morgan fingerprint density at radius 2 is 1.86 bits per heavy atom. The van der Waals surface area contributed by atoms with E-state index in [-0.39, 0.29) is 12.5 Å². The fourth-order valence-electron chi connectivity index (χ4n) is 4.23. The molecule has 184 valence electrons. The number of aromatic nitrogens is 3. The number of anilines is 1. The molecule has 2 N–H and O–H groups in total. The highest BCUT2D eigenvalue weighted by molar-refractivity contribution is 6.10. The highest BCUT2D eigenvalue weighted by Crippen LogP contribution is 2.41. The molecule has 0 radical (unpaired) electrons. The van der Waals surface area contributed by atoms with E-state index in [2.05, 4.69) is 20.4 Å². The molecular formula is C25H29N5O5. The standard InChI is InChI=1S/C25H29N5O5/c1-15-22(24(32)27-18-8-5-6-9-20(18)35-4)23(17-14-16(33-2)11-12-19(17)34-3)30-25(26-15)28-21(29-30)10-7-13-31/h5-6,8-9,11-12,14,22-23,31H,7,10,13H2,1-4H3,(H,27,32). The fourth-order valence-corrected chi connectivity index (χ4v) is 4.23. The number of amides is 1. The van der Waals surface area contributed by atoms with Crippen LogP contribution in [0.5, 0.6) is 17.2 Å². The number of nitrogens with zero attached hydrogens (tertiary/aromatic N) is 4. The number of rotatable bonds is 9. The number of carbonyl (C=O) groups excluding carboxylic acids is 1. The average molecular weight is 480 g/mol. The zero-order valence-electron chi connectivity index (χ0n) is 20.2. The lowest BCUT2D eigenvalue weighted by molar-refractivity contribution is -0.118. The first kappa shape index (κ1) is 24.2. The monoisotopic (exact) mass is 479 g/mol. The maximum atomic E-state index is 13.8. The van der Waals surface area contributed by atoms with Crippen molar-refractivity contribution in [1.82, 2.24) is 14.8 Å². The zero-order chi connectivity index (χ0) is 24.9. The number of benzene rings is 2. The molecule has 2 heterocycles. The maximum absolute atomic E-state index is 13.8. The number of hydrogen-bond acceptors (Lipinski definition) is 8. The van der Waals surface area contributed by atoms with Crippen LogP contribution in [-0.4, -0.2) is 59.4 Å². The largest absolute Gasteiger partial charge is 0.497 e. The van der Waals surface area contributed by atoms with Gasteiger partial charge in [0.25, 0.3) is 0 Å². The average Bonchev–Trinajstić information content (AvgIpc) is 3.28. The first-order valence-corrected chi connectivity index (χ1v) is 11.3. The summed E-state index contributed by atoms with van der Waals surface area (Å²) < 4.78 is 18.2. The quantitative estimate of drug-likeness (QED) is 0.484. The van der Waals surface area contributed by atoms with Gasteiger partial charge in [-0.2, -0.15) is 10.1 Å². The number of aliphatic imine (C=N–C) groups is 1. The van der Waals surface area contributed by atoms with E-state index < -0.39 is 12.0 Å². The Morgan fingerprint density at radius 3 is 2.57 bits per heavy atom. The summed E-state index contributed by atoms with van der Waals surface area (Å²) in [6.07, 6.45) is 1.02. The van der Waals surface area contributed by atoms with Gasteiger partial charge in [0.15, 0.2) is 5.82 Å². The minimum atomic E-state index is -0.721. The van der Waals surface area contributed by atoms with Crippen LogP contribution in [0.15, 0.2) is 47.5 Å². The Kier molecular flexibility index (Phi) is 7.31. The van der Waals surface area contributed by atoms with E-state index in [1.165, 1.54) is 0 Å². The molecule has 1 aliphatic heterocycles. The molecular weight excluding hydrogens is 450 g/mol. The number of aryl methyl sites for hydroxylation is 1. The fraction of sp³-hybridized carbons (Fsp3) is 0.360. The van der Waals surface area contributed by atoms with Gasteiger partial charge >= 0.3 is 0 Å². The summed E-state index contributed by atoms with van der Waals surface area (Å²) in [6, 6.07) is 12.1. The lowest BCUT2D eigenvalue weighted by Gasteiger charge is -2.31. The molecule has 3 aromatic rings. The van der Waals surface area contributed by atoms with E-state index >= 15 is 0 Å². The molecule has 0 spiro atoms. The van der Waals surface area contributed by atoms with Gasteiger partial charge < -0.3 is 24.6 Å². The van der Waals surface area contributed by atoms with Gasteiger partial charge in [0, 0.05) is 24.3 Å². The molecule has 10 heteroatoms. The molecule has 2 atom stereocenters. The van der Waals surface area contributed by atoms with Crippen molar-refractivity contribution in [3.63, 3.8) is 0 Å². The normalized spacial score (nSPS) is 16.8. The van der Waals surface area contributed by atoms with Gasteiger partial charge in [0.1, 0.15) is 29.2 Å². The van der Waals surface area contributed by atoms with Crippen LogP contribution in [0.3, 0.4) is 0 Å². The predicted molar refractivity (Wildman–Crippen MR) is 131 cm³/mol. The topological polar surface area (TPSA) is 120 Å². The van der Waals surface area contributed by atoms with Gasteiger partial charge in [-0.25, -0.2) is 9.67 Å². The molecule has 0 saturated carbocycles. The highest BCUT2D eigenvalue weighted by Gasteiger charge is 2.41. The molecule has 1 aromatic heterocycles. The SMILES string of the molecule is COc1ccc(OC)c(C2C(C(=O)Nc3ccccc3OC)C(C)=Nc3nc(CCCO)nn32)c1. The van der Waals surface area contributed by atoms with E-state index in [9.17, 15) is 9.90 Å². The van der Waals surface area contributed by atoms with Crippen LogP contribution in [-0.2, 0) is 11.2 Å². The molecule has 2 unspecified atom stereocenters. The van der Waals surface area contributed by atoms with Crippen molar-refractivity contribution in [2.45, 2.75) is 25.8 Å². The molecule has 0 aliphatic carbocycles. The number of carbonyl (C=O) groups is 1. The smallest absolute Gasteiger partial charge is 0.248 e. The number of methoxy groups -OCH3 is 3. The van der Waals surface area contributed by atoms with Crippen molar-refractivity contribution in [2.75, 3.05) is 33.3 Å². The predicted octanol–water partition coefficient (Wildman–Crippen LogP) is 3.18. The molecule has 0 fully saturated rings. The van der Waals surface area contributed by atoms with Crippen molar-refractivity contribution in [3.05, 3.63) is 53.9 Å². The van der Waals surface area contributed by atoms with Gasteiger partial charge in [-0.3, -0.25) is 4.79 Å². The van der Waals surface area contributed by atoms with Crippen LogP contribution < -0.4 is 19.5 Å². The van der Waals surface area contributed by atoms with Crippen molar-refractivity contribution in [2.24, 2.45) is 10.9 Å². The molecule has 1 aliphatic rings. The van der Waals surface area contributed by atoms with Crippen LogP contribution in [0.4, 0.5) is 11.6 Å². The number of hydrogen-bond donors (Lipinski definition) is 2. The van der Waals surface area contributed by atoms with Crippen molar-refractivity contribution in [3.8, 4) is 17.2 Å². The van der Waals surface area contributed by atoms with Crippen LogP contribution in [0.1, 0.15) is 30.8 Å². The minimum absolute atomic E-state index is 0.0310. The van der Waals surface area contributed by atoms with Crippen molar-refractivity contribution >= 4 is 23.3 Å². The highest BCUT2D eigenvalue weighted by atomic mass is 16.5. The van der Waals surface area contributed by atoms with E-state index in [0.717, 1.165) is 0 Å². The van der Waals surface area contributed by atoms with Gasteiger partial charge in [0.2, 0.25) is 11.9 Å². The van der Waals surface area contributed by atoms with Gasteiger partial charge in [-0.15, -0.1) is 0 Å². The van der Waals surface area contributed by atoms with Gasteiger partial charge in [-0.05, 0) is 43.7 Å². The summed E-state index contributed by atoms with van der Waals surface area (Å²) in [6.45, 7) is 1.83. The maximum Gasteiger partial charge on any atom is 0.248 e. The third-order valence-electron chi connectivity index (χ3n) is 5.92. The minimum Gasteiger partial charge on any atom is -0.497 e. The second-order valence-electron chi connectivity index (χ2n) is 8.07. The van der Waals surface area contributed by atoms with Crippen LogP contribution >= 0.6 is 0 Å². The van der Waals surface area contributed by atoms with Gasteiger partial charge in [-0.1, -0.05) is 12.1 Å². The second kappa shape index (κ2) is 10.6. The Labute approximate surface area is 203 Å².